The molecule has 1 atom stereocenters. The van der Waals surface area contributed by atoms with E-state index in [0.29, 0.717) is 5.92 Å². The summed E-state index contributed by atoms with van der Waals surface area (Å²) in [4.78, 5) is 4.64. The van der Waals surface area contributed by atoms with Crippen molar-refractivity contribution < 1.29 is 0 Å². The van der Waals surface area contributed by atoms with E-state index in [1.54, 1.807) is 0 Å². The van der Waals surface area contributed by atoms with Crippen LogP contribution in [0.1, 0.15) is 62.8 Å². The fourth-order valence-electron chi connectivity index (χ4n) is 2.88. The molecule has 2 rings (SSSR count). The lowest BCUT2D eigenvalue weighted by Crippen LogP contribution is -2.10. The summed E-state index contributed by atoms with van der Waals surface area (Å²) in [7, 11) is 0. The molecule has 0 amide bonds. The Morgan fingerprint density at radius 3 is 2.69 bits per heavy atom. The summed E-state index contributed by atoms with van der Waals surface area (Å²) in [5.74, 6) is 1.58. The molecule has 1 heterocycles. The zero-order valence-corrected chi connectivity index (χ0v) is 10.6. The SMILES string of the molecule is Cc1cccc([C@H](C)CC2CCCCC2)n1. The Morgan fingerprint density at radius 1 is 1.25 bits per heavy atom. The Morgan fingerprint density at radius 2 is 2.00 bits per heavy atom. The molecule has 1 aliphatic rings. The lowest BCUT2D eigenvalue weighted by molar-refractivity contribution is 0.321. The molecule has 1 heteroatoms. The molecular weight excluding hydrogens is 194 g/mol. The third-order valence-corrected chi connectivity index (χ3v) is 3.83. The fourth-order valence-corrected chi connectivity index (χ4v) is 2.88. The number of pyridine rings is 1. The Hall–Kier alpha value is -0.850. The van der Waals surface area contributed by atoms with Gasteiger partial charge in [-0.3, -0.25) is 4.98 Å². The molecule has 0 radical (unpaired) electrons. The maximum atomic E-state index is 4.64. The lowest BCUT2D eigenvalue weighted by atomic mass is 9.82. The third kappa shape index (κ3) is 3.07. The molecule has 0 unspecified atom stereocenters. The zero-order chi connectivity index (χ0) is 11.4. The molecule has 16 heavy (non-hydrogen) atoms. The van der Waals surface area contributed by atoms with Crippen molar-refractivity contribution >= 4 is 0 Å². The second-order valence-corrected chi connectivity index (χ2v) is 5.34. The molecule has 0 aliphatic heterocycles. The lowest BCUT2D eigenvalue weighted by Gasteiger charge is -2.24. The first kappa shape index (κ1) is 11.6. The van der Waals surface area contributed by atoms with Gasteiger partial charge in [0.05, 0.1) is 0 Å². The monoisotopic (exact) mass is 217 g/mol. The molecule has 0 aromatic carbocycles. The number of aromatic nitrogens is 1. The van der Waals surface area contributed by atoms with Gasteiger partial charge >= 0.3 is 0 Å². The number of aryl methyl sites for hydroxylation is 1. The topological polar surface area (TPSA) is 12.9 Å². The summed E-state index contributed by atoms with van der Waals surface area (Å²) in [6, 6.07) is 6.40. The van der Waals surface area contributed by atoms with E-state index in [4.69, 9.17) is 0 Å². The van der Waals surface area contributed by atoms with Gasteiger partial charge in [-0.25, -0.2) is 0 Å². The summed E-state index contributed by atoms with van der Waals surface area (Å²) >= 11 is 0. The van der Waals surface area contributed by atoms with E-state index in [-0.39, 0.29) is 0 Å². The number of nitrogens with zero attached hydrogens (tertiary/aromatic N) is 1. The average molecular weight is 217 g/mol. The van der Waals surface area contributed by atoms with Crippen molar-refractivity contribution in [2.24, 2.45) is 5.92 Å². The van der Waals surface area contributed by atoms with Crippen LogP contribution >= 0.6 is 0 Å². The van der Waals surface area contributed by atoms with Crippen LogP contribution in [0.3, 0.4) is 0 Å². The molecule has 88 valence electrons. The van der Waals surface area contributed by atoms with Crippen LogP contribution in [-0.2, 0) is 0 Å². The first-order valence-corrected chi connectivity index (χ1v) is 6.69. The molecule has 0 spiro atoms. The van der Waals surface area contributed by atoms with E-state index in [1.165, 1.54) is 44.2 Å². The molecule has 0 bridgehead atoms. The van der Waals surface area contributed by atoms with Gasteiger partial charge in [0.2, 0.25) is 0 Å². The van der Waals surface area contributed by atoms with Crippen molar-refractivity contribution in [3.05, 3.63) is 29.6 Å². The normalized spacial score (nSPS) is 19.6. The van der Waals surface area contributed by atoms with Crippen LogP contribution in [0.15, 0.2) is 18.2 Å². The van der Waals surface area contributed by atoms with E-state index < -0.39 is 0 Å². The molecule has 1 fully saturated rings. The quantitative estimate of drug-likeness (QED) is 0.728. The predicted molar refractivity (Wildman–Crippen MR) is 68.6 cm³/mol. The summed E-state index contributed by atoms with van der Waals surface area (Å²) in [6.07, 6.45) is 8.55. The highest BCUT2D eigenvalue weighted by atomic mass is 14.7. The highest BCUT2D eigenvalue weighted by molar-refractivity contribution is 5.13. The molecule has 0 saturated heterocycles. The summed E-state index contributed by atoms with van der Waals surface area (Å²) < 4.78 is 0. The minimum absolute atomic E-state index is 0.628. The first-order valence-electron chi connectivity index (χ1n) is 6.69. The first-order chi connectivity index (χ1) is 7.75. The van der Waals surface area contributed by atoms with E-state index in [9.17, 15) is 0 Å². The summed E-state index contributed by atoms with van der Waals surface area (Å²) in [5.41, 5.74) is 2.43. The van der Waals surface area contributed by atoms with Crippen molar-refractivity contribution in [3.63, 3.8) is 0 Å². The van der Waals surface area contributed by atoms with Crippen molar-refractivity contribution in [2.75, 3.05) is 0 Å². The van der Waals surface area contributed by atoms with Crippen molar-refractivity contribution in [2.45, 2.75) is 58.3 Å². The van der Waals surface area contributed by atoms with Crippen molar-refractivity contribution in [3.8, 4) is 0 Å². The molecule has 1 saturated carbocycles. The highest BCUT2D eigenvalue weighted by Crippen LogP contribution is 2.32. The Kier molecular flexibility index (Phi) is 3.98. The second-order valence-electron chi connectivity index (χ2n) is 5.34. The van der Waals surface area contributed by atoms with E-state index in [2.05, 4.69) is 37.0 Å². The maximum absolute atomic E-state index is 4.64. The van der Waals surface area contributed by atoms with Gasteiger partial charge in [-0.05, 0) is 37.3 Å². The minimum Gasteiger partial charge on any atom is -0.258 e. The molecule has 0 N–H and O–H groups in total. The third-order valence-electron chi connectivity index (χ3n) is 3.83. The van der Waals surface area contributed by atoms with Gasteiger partial charge in [0.25, 0.3) is 0 Å². The van der Waals surface area contributed by atoms with E-state index >= 15 is 0 Å². The summed E-state index contributed by atoms with van der Waals surface area (Å²) in [5, 5.41) is 0. The number of hydrogen-bond acceptors (Lipinski definition) is 1. The second kappa shape index (κ2) is 5.47. The predicted octanol–water partition coefficient (Wildman–Crippen LogP) is 4.46. The van der Waals surface area contributed by atoms with Crippen molar-refractivity contribution in [1.82, 2.24) is 4.98 Å². The van der Waals surface area contributed by atoms with Crippen LogP contribution in [-0.4, -0.2) is 4.98 Å². The van der Waals surface area contributed by atoms with Crippen LogP contribution in [0.4, 0.5) is 0 Å². The smallest absolute Gasteiger partial charge is 0.0435 e. The maximum Gasteiger partial charge on any atom is 0.0435 e. The Balaban J connectivity index is 1.94. The van der Waals surface area contributed by atoms with Crippen LogP contribution in [0.5, 0.6) is 0 Å². The van der Waals surface area contributed by atoms with Gasteiger partial charge in [-0.2, -0.15) is 0 Å². The highest BCUT2D eigenvalue weighted by Gasteiger charge is 2.17. The summed E-state index contributed by atoms with van der Waals surface area (Å²) in [6.45, 7) is 4.41. The largest absolute Gasteiger partial charge is 0.258 e. The van der Waals surface area contributed by atoms with Gasteiger partial charge in [0.1, 0.15) is 0 Å². The molecule has 1 aromatic heterocycles. The van der Waals surface area contributed by atoms with Crippen LogP contribution in [0.2, 0.25) is 0 Å². The van der Waals surface area contributed by atoms with Gasteiger partial charge < -0.3 is 0 Å². The van der Waals surface area contributed by atoms with Crippen molar-refractivity contribution in [1.29, 1.82) is 0 Å². The Bertz CT molecular complexity index is 326. The Labute approximate surface area is 99.3 Å². The number of hydrogen-bond donors (Lipinski definition) is 0. The van der Waals surface area contributed by atoms with Gasteiger partial charge in [0.15, 0.2) is 0 Å². The molecule has 1 aromatic rings. The van der Waals surface area contributed by atoms with Crippen LogP contribution in [0, 0.1) is 12.8 Å². The molecular formula is C15H23N. The number of rotatable bonds is 3. The zero-order valence-electron chi connectivity index (χ0n) is 10.6. The van der Waals surface area contributed by atoms with Gasteiger partial charge in [0, 0.05) is 11.4 Å². The van der Waals surface area contributed by atoms with Crippen LogP contribution in [0.25, 0.3) is 0 Å². The van der Waals surface area contributed by atoms with Crippen LogP contribution < -0.4 is 0 Å². The van der Waals surface area contributed by atoms with E-state index in [1.807, 2.05) is 0 Å². The average Bonchev–Trinajstić information content (AvgIpc) is 2.30. The fraction of sp³-hybridized carbons (Fsp3) is 0.667. The van der Waals surface area contributed by atoms with Gasteiger partial charge in [-0.15, -0.1) is 0 Å². The van der Waals surface area contributed by atoms with Gasteiger partial charge in [-0.1, -0.05) is 45.1 Å². The minimum atomic E-state index is 0.628. The molecule has 1 nitrogen and oxygen atoms in total. The molecule has 1 aliphatic carbocycles. The van der Waals surface area contributed by atoms with E-state index in [0.717, 1.165) is 11.6 Å². The standard InChI is InChI=1S/C15H23N/c1-12(11-14-8-4-3-5-9-14)15-10-6-7-13(2)16-15/h6-7,10,12,14H,3-5,8-9,11H2,1-2H3/t12-/m1/s1.